The van der Waals surface area contributed by atoms with Crippen molar-refractivity contribution in [1.82, 2.24) is 5.01 Å². The van der Waals surface area contributed by atoms with E-state index in [0.29, 0.717) is 6.04 Å². The van der Waals surface area contributed by atoms with Crippen LogP contribution in [0.4, 0.5) is 0 Å². The summed E-state index contributed by atoms with van der Waals surface area (Å²) in [6.45, 7) is 7.01. The standard InChI is InChI=1S/C27H29N3O/c1-2-19-31-22-13-11-21(12-14-22)20-28-30-17-15-29(16-18-30)27-25-9-5-3-7-23(25)24-8-4-6-10-26(24)27/h3-14,20,27H,2,15-19H2,1H3/p+1/b28-20-. The van der Waals surface area contributed by atoms with Gasteiger partial charge in [-0.1, -0.05) is 55.5 Å². The van der Waals surface area contributed by atoms with Crippen molar-refractivity contribution in [2.45, 2.75) is 19.4 Å². The van der Waals surface area contributed by atoms with Gasteiger partial charge in [0.2, 0.25) is 0 Å². The highest BCUT2D eigenvalue weighted by Crippen LogP contribution is 2.41. The minimum atomic E-state index is 0.439. The van der Waals surface area contributed by atoms with Gasteiger partial charge in [0, 0.05) is 11.1 Å². The molecular weight excluding hydrogens is 382 g/mol. The van der Waals surface area contributed by atoms with Crippen molar-refractivity contribution in [2.24, 2.45) is 5.10 Å². The summed E-state index contributed by atoms with van der Waals surface area (Å²) in [4.78, 5) is 1.64. The molecule has 1 saturated heterocycles. The Morgan fingerprint density at radius 2 is 1.52 bits per heavy atom. The Bertz CT molecular complexity index is 1010. The SMILES string of the molecule is CCCOc1ccc(/C=N\N2CC[NH+](C3c4ccccc4-c4ccccc43)CC2)cc1. The molecule has 0 radical (unpaired) electrons. The van der Waals surface area contributed by atoms with Crippen LogP contribution < -0.4 is 9.64 Å². The Morgan fingerprint density at radius 1 is 0.903 bits per heavy atom. The number of hydrogen-bond acceptors (Lipinski definition) is 3. The summed E-state index contributed by atoms with van der Waals surface area (Å²) >= 11 is 0. The second kappa shape index (κ2) is 8.94. The Kier molecular flexibility index (Phi) is 5.72. The summed E-state index contributed by atoms with van der Waals surface area (Å²) in [7, 11) is 0. The molecule has 0 atom stereocenters. The Morgan fingerprint density at radius 3 is 2.13 bits per heavy atom. The van der Waals surface area contributed by atoms with Crippen LogP contribution in [0.15, 0.2) is 77.9 Å². The Labute approximate surface area is 184 Å². The lowest BCUT2D eigenvalue weighted by molar-refractivity contribution is -0.929. The molecular formula is C27H30N3O+. The maximum atomic E-state index is 5.66. The first-order chi connectivity index (χ1) is 15.3. The van der Waals surface area contributed by atoms with Crippen LogP contribution in [0.5, 0.6) is 5.75 Å². The van der Waals surface area contributed by atoms with Crippen LogP contribution in [0, 0.1) is 0 Å². The van der Waals surface area contributed by atoms with Gasteiger partial charge < -0.3 is 9.64 Å². The Hall–Kier alpha value is -3.11. The molecule has 0 saturated carbocycles. The van der Waals surface area contributed by atoms with Gasteiger partial charge in [-0.25, -0.2) is 0 Å². The minimum absolute atomic E-state index is 0.439. The summed E-state index contributed by atoms with van der Waals surface area (Å²) < 4.78 is 5.66. The van der Waals surface area contributed by atoms with E-state index in [1.807, 2.05) is 18.3 Å². The average molecular weight is 413 g/mol. The molecule has 1 aliphatic heterocycles. The van der Waals surface area contributed by atoms with Crippen molar-refractivity contribution in [3.05, 3.63) is 89.5 Å². The second-order valence-electron chi connectivity index (χ2n) is 8.38. The first-order valence-corrected chi connectivity index (χ1v) is 11.4. The fourth-order valence-electron chi connectivity index (χ4n) is 4.80. The lowest BCUT2D eigenvalue weighted by Crippen LogP contribution is -3.14. The molecule has 158 valence electrons. The zero-order valence-corrected chi connectivity index (χ0v) is 18.1. The van der Waals surface area contributed by atoms with Crippen LogP contribution >= 0.6 is 0 Å². The van der Waals surface area contributed by atoms with E-state index >= 15 is 0 Å². The summed E-state index contributed by atoms with van der Waals surface area (Å²) in [5, 5.41) is 6.96. The van der Waals surface area contributed by atoms with Gasteiger partial charge in [-0.05, 0) is 47.4 Å². The molecule has 1 fully saturated rings. The van der Waals surface area contributed by atoms with Crippen LogP contribution in [0.25, 0.3) is 11.1 Å². The fourth-order valence-corrected chi connectivity index (χ4v) is 4.80. The zero-order valence-electron chi connectivity index (χ0n) is 18.1. The first-order valence-electron chi connectivity index (χ1n) is 11.4. The van der Waals surface area contributed by atoms with E-state index in [-0.39, 0.29) is 0 Å². The molecule has 4 nitrogen and oxygen atoms in total. The van der Waals surface area contributed by atoms with Gasteiger partial charge >= 0.3 is 0 Å². The van der Waals surface area contributed by atoms with E-state index in [9.17, 15) is 0 Å². The van der Waals surface area contributed by atoms with Crippen molar-refractivity contribution in [2.75, 3.05) is 32.8 Å². The van der Waals surface area contributed by atoms with E-state index in [1.165, 1.54) is 22.3 Å². The highest BCUT2D eigenvalue weighted by atomic mass is 16.5. The number of quaternary nitrogens is 1. The third-order valence-electron chi connectivity index (χ3n) is 6.35. The lowest BCUT2D eigenvalue weighted by Gasteiger charge is -2.34. The molecule has 0 amide bonds. The molecule has 1 aliphatic carbocycles. The minimum Gasteiger partial charge on any atom is -0.494 e. The summed E-state index contributed by atoms with van der Waals surface area (Å²) in [6.07, 6.45) is 2.99. The highest BCUT2D eigenvalue weighted by Gasteiger charge is 2.37. The molecule has 3 aromatic carbocycles. The van der Waals surface area contributed by atoms with E-state index in [2.05, 4.69) is 72.6 Å². The van der Waals surface area contributed by atoms with Gasteiger partial charge in [0.25, 0.3) is 0 Å². The fraction of sp³-hybridized carbons (Fsp3) is 0.296. The number of hydrazone groups is 1. The maximum absolute atomic E-state index is 5.66. The molecule has 3 aromatic rings. The van der Waals surface area contributed by atoms with Gasteiger partial charge in [0.05, 0.1) is 39.0 Å². The monoisotopic (exact) mass is 412 g/mol. The maximum Gasteiger partial charge on any atom is 0.140 e. The van der Waals surface area contributed by atoms with Gasteiger partial charge in [-0.2, -0.15) is 5.10 Å². The molecule has 1 heterocycles. The van der Waals surface area contributed by atoms with Gasteiger partial charge in [-0.15, -0.1) is 0 Å². The topological polar surface area (TPSA) is 29.3 Å². The van der Waals surface area contributed by atoms with E-state index < -0.39 is 0 Å². The van der Waals surface area contributed by atoms with Crippen molar-refractivity contribution >= 4 is 6.21 Å². The van der Waals surface area contributed by atoms with Crippen LogP contribution in [0.2, 0.25) is 0 Å². The highest BCUT2D eigenvalue weighted by molar-refractivity contribution is 5.79. The van der Waals surface area contributed by atoms with Crippen molar-refractivity contribution in [1.29, 1.82) is 0 Å². The first kappa shape index (κ1) is 19.8. The van der Waals surface area contributed by atoms with Crippen molar-refractivity contribution in [3.63, 3.8) is 0 Å². The number of nitrogens with one attached hydrogen (secondary N) is 1. The number of piperazine rings is 1. The predicted octanol–water partition coefficient (Wildman–Crippen LogP) is 3.78. The number of hydrogen-bond donors (Lipinski definition) is 1. The molecule has 0 unspecified atom stereocenters. The zero-order chi connectivity index (χ0) is 21.0. The quantitative estimate of drug-likeness (QED) is 0.625. The van der Waals surface area contributed by atoms with Gasteiger partial charge in [0.1, 0.15) is 11.8 Å². The van der Waals surface area contributed by atoms with Gasteiger partial charge in [-0.3, -0.25) is 5.01 Å². The number of rotatable bonds is 6. The molecule has 2 aliphatic rings. The Balaban J connectivity index is 1.23. The van der Waals surface area contributed by atoms with Crippen molar-refractivity contribution < 1.29 is 9.64 Å². The van der Waals surface area contributed by atoms with Crippen LogP contribution in [-0.4, -0.2) is 44.0 Å². The van der Waals surface area contributed by atoms with E-state index in [0.717, 1.165) is 50.5 Å². The van der Waals surface area contributed by atoms with Crippen LogP contribution in [-0.2, 0) is 0 Å². The van der Waals surface area contributed by atoms with Crippen LogP contribution in [0.3, 0.4) is 0 Å². The van der Waals surface area contributed by atoms with E-state index in [4.69, 9.17) is 9.84 Å². The summed E-state index contributed by atoms with van der Waals surface area (Å²) in [5.41, 5.74) is 6.86. The number of benzene rings is 3. The number of ether oxygens (including phenoxy) is 1. The third kappa shape index (κ3) is 4.08. The average Bonchev–Trinajstić information content (AvgIpc) is 3.17. The van der Waals surface area contributed by atoms with E-state index in [1.54, 1.807) is 4.90 Å². The number of nitrogens with zero attached hydrogens (tertiary/aromatic N) is 2. The molecule has 0 aromatic heterocycles. The van der Waals surface area contributed by atoms with Crippen LogP contribution in [0.1, 0.15) is 36.1 Å². The third-order valence-corrected chi connectivity index (χ3v) is 6.35. The molecule has 0 spiro atoms. The normalized spacial score (nSPS) is 16.5. The van der Waals surface area contributed by atoms with Crippen molar-refractivity contribution in [3.8, 4) is 16.9 Å². The lowest BCUT2D eigenvalue weighted by atomic mass is 10.0. The predicted molar refractivity (Wildman–Crippen MR) is 126 cm³/mol. The molecule has 1 N–H and O–H groups in total. The smallest absolute Gasteiger partial charge is 0.140 e. The number of fused-ring (bicyclic) bond motifs is 3. The summed E-state index contributed by atoms with van der Waals surface area (Å²) in [6, 6.07) is 26.5. The molecule has 31 heavy (non-hydrogen) atoms. The molecule has 5 rings (SSSR count). The molecule has 0 bridgehead atoms. The second-order valence-corrected chi connectivity index (χ2v) is 8.38. The largest absolute Gasteiger partial charge is 0.494 e. The van der Waals surface area contributed by atoms with Gasteiger partial charge in [0.15, 0.2) is 0 Å². The summed E-state index contributed by atoms with van der Waals surface area (Å²) in [5.74, 6) is 0.924. The molecule has 4 heteroatoms.